The third-order valence-electron chi connectivity index (χ3n) is 7.39. The summed E-state index contributed by atoms with van der Waals surface area (Å²) in [7, 11) is 0. The lowest BCUT2D eigenvalue weighted by molar-refractivity contribution is -0.137. The third-order valence-corrected chi connectivity index (χ3v) is 7.39. The maximum Gasteiger partial charge on any atom is 0.417 e. The standard InChI is InChI=1S/C27H28F3N7O/c28-27(29,30)18-8-9-20(31-13-18)14-32-26(38)24-15-37(36-35-24)10-2-1-3-19-11-22-23(34-33-19)12-21(16-4-5-16)25(22)17-6-7-17/h8-9,11,13,15-17H,1-7,10,12,14H2,(H,32,38). The number of aromatic nitrogens is 6. The van der Waals surface area contributed by atoms with Gasteiger partial charge in [0.15, 0.2) is 5.69 Å². The number of pyridine rings is 1. The monoisotopic (exact) mass is 523 g/mol. The van der Waals surface area contributed by atoms with Crippen molar-refractivity contribution in [2.45, 2.75) is 70.6 Å². The number of alkyl halides is 3. The van der Waals surface area contributed by atoms with Gasteiger partial charge in [0, 0.05) is 24.7 Å². The van der Waals surface area contributed by atoms with Crippen LogP contribution in [0.2, 0.25) is 0 Å². The summed E-state index contributed by atoms with van der Waals surface area (Å²) in [5, 5.41) is 19.6. The summed E-state index contributed by atoms with van der Waals surface area (Å²) >= 11 is 0. The number of hydrogen-bond acceptors (Lipinski definition) is 6. The van der Waals surface area contributed by atoms with E-state index in [1.165, 1.54) is 37.3 Å². The molecule has 0 unspecified atom stereocenters. The molecule has 0 aromatic carbocycles. The van der Waals surface area contributed by atoms with Crippen LogP contribution < -0.4 is 5.32 Å². The molecule has 0 spiro atoms. The van der Waals surface area contributed by atoms with E-state index in [-0.39, 0.29) is 12.2 Å². The van der Waals surface area contributed by atoms with Crippen molar-refractivity contribution in [1.82, 2.24) is 35.5 Å². The molecule has 38 heavy (non-hydrogen) atoms. The van der Waals surface area contributed by atoms with E-state index in [2.05, 4.69) is 36.9 Å². The molecule has 3 aromatic heterocycles. The molecule has 0 radical (unpaired) electrons. The number of amides is 1. The number of nitrogens with one attached hydrogen (secondary N) is 1. The Morgan fingerprint density at radius 3 is 2.55 bits per heavy atom. The highest BCUT2D eigenvalue weighted by atomic mass is 19.4. The zero-order valence-electron chi connectivity index (χ0n) is 20.8. The van der Waals surface area contributed by atoms with Gasteiger partial charge in [0.05, 0.1) is 35.4 Å². The van der Waals surface area contributed by atoms with E-state index >= 15 is 0 Å². The molecule has 11 heteroatoms. The number of carbonyl (C=O) groups excluding carboxylic acids is 1. The fraction of sp³-hybridized carbons (Fsp3) is 0.481. The fourth-order valence-electron chi connectivity index (χ4n) is 5.09. The SMILES string of the molecule is O=C(NCc1ccc(C(F)(F)F)cn1)c1cn(CCCCc2cc3c(nn2)CC(C2CC2)=C3C2CC2)nn1. The molecule has 1 N–H and O–H groups in total. The highest BCUT2D eigenvalue weighted by Gasteiger charge is 2.40. The summed E-state index contributed by atoms with van der Waals surface area (Å²) in [6.07, 6.45) is 6.68. The maximum atomic E-state index is 12.6. The zero-order chi connectivity index (χ0) is 26.3. The Labute approximate surface area is 217 Å². The smallest absolute Gasteiger partial charge is 0.345 e. The topological polar surface area (TPSA) is 98.5 Å². The van der Waals surface area contributed by atoms with Crippen molar-refractivity contribution in [1.29, 1.82) is 0 Å². The van der Waals surface area contributed by atoms with E-state index < -0.39 is 17.6 Å². The van der Waals surface area contributed by atoms with Crippen molar-refractivity contribution in [3.8, 4) is 0 Å². The molecule has 3 aliphatic rings. The van der Waals surface area contributed by atoms with Crippen LogP contribution in [0.25, 0.3) is 5.57 Å². The second-order valence-corrected chi connectivity index (χ2v) is 10.4. The Balaban J connectivity index is 0.972. The van der Waals surface area contributed by atoms with Crippen molar-refractivity contribution >= 4 is 11.5 Å². The molecule has 0 atom stereocenters. The number of carbonyl (C=O) groups is 1. The highest BCUT2D eigenvalue weighted by molar-refractivity contribution is 5.91. The zero-order valence-corrected chi connectivity index (χ0v) is 20.8. The molecule has 3 aliphatic carbocycles. The van der Waals surface area contributed by atoms with Gasteiger partial charge in [0.25, 0.3) is 5.91 Å². The highest BCUT2D eigenvalue weighted by Crippen LogP contribution is 2.53. The average molecular weight is 524 g/mol. The lowest BCUT2D eigenvalue weighted by Gasteiger charge is -2.07. The Hall–Kier alpha value is -3.63. The van der Waals surface area contributed by atoms with E-state index in [9.17, 15) is 18.0 Å². The second-order valence-electron chi connectivity index (χ2n) is 10.4. The normalized spacial score (nSPS) is 17.1. The van der Waals surface area contributed by atoms with Crippen LogP contribution >= 0.6 is 0 Å². The van der Waals surface area contributed by atoms with Gasteiger partial charge >= 0.3 is 6.18 Å². The van der Waals surface area contributed by atoms with Gasteiger partial charge in [-0.1, -0.05) is 10.8 Å². The first-order valence-electron chi connectivity index (χ1n) is 13.1. The first kappa shape index (κ1) is 24.7. The lowest BCUT2D eigenvalue weighted by atomic mass is 9.99. The fourth-order valence-corrected chi connectivity index (χ4v) is 5.09. The Bertz CT molecular complexity index is 1370. The van der Waals surface area contributed by atoms with Crippen LogP contribution in [-0.4, -0.2) is 36.1 Å². The third kappa shape index (κ3) is 5.46. The van der Waals surface area contributed by atoms with Gasteiger partial charge in [0.2, 0.25) is 0 Å². The average Bonchev–Trinajstić information content (AvgIpc) is 3.84. The van der Waals surface area contributed by atoms with E-state index in [4.69, 9.17) is 0 Å². The summed E-state index contributed by atoms with van der Waals surface area (Å²) < 4.78 is 39.6. The summed E-state index contributed by atoms with van der Waals surface area (Å²) in [5.41, 5.74) is 6.37. The van der Waals surface area contributed by atoms with Crippen LogP contribution in [0.3, 0.4) is 0 Å². The summed E-state index contributed by atoms with van der Waals surface area (Å²) in [6, 6.07) is 4.43. The van der Waals surface area contributed by atoms with E-state index in [0.29, 0.717) is 12.2 Å². The van der Waals surface area contributed by atoms with Gasteiger partial charge in [-0.25, -0.2) is 0 Å². The number of fused-ring (bicyclic) bond motifs is 1. The number of rotatable bonds is 10. The molecule has 0 bridgehead atoms. The number of allylic oxidation sites excluding steroid dienone is 2. The first-order chi connectivity index (χ1) is 18.3. The minimum atomic E-state index is -4.45. The minimum Gasteiger partial charge on any atom is -0.345 e. The maximum absolute atomic E-state index is 12.6. The summed E-state index contributed by atoms with van der Waals surface area (Å²) in [5.74, 6) is 1.05. The Kier molecular flexibility index (Phi) is 6.45. The molecule has 6 rings (SSSR count). The number of aryl methyl sites for hydroxylation is 2. The van der Waals surface area contributed by atoms with Gasteiger partial charge in [-0.05, 0) is 80.6 Å². The largest absolute Gasteiger partial charge is 0.417 e. The van der Waals surface area contributed by atoms with Crippen LogP contribution in [0, 0.1) is 11.8 Å². The number of unbranched alkanes of at least 4 members (excludes halogenated alkanes) is 1. The van der Waals surface area contributed by atoms with Crippen LogP contribution in [0.1, 0.15) is 77.2 Å². The Morgan fingerprint density at radius 2 is 1.84 bits per heavy atom. The van der Waals surface area contributed by atoms with Gasteiger partial charge in [-0.3, -0.25) is 14.5 Å². The first-order valence-corrected chi connectivity index (χ1v) is 13.1. The summed E-state index contributed by atoms with van der Waals surface area (Å²) in [4.78, 5) is 16.1. The molecule has 2 saturated carbocycles. The van der Waals surface area contributed by atoms with Crippen molar-refractivity contribution in [2.75, 3.05) is 0 Å². The van der Waals surface area contributed by atoms with Gasteiger partial charge in [0.1, 0.15) is 0 Å². The van der Waals surface area contributed by atoms with Gasteiger partial charge in [-0.2, -0.15) is 23.4 Å². The predicted molar refractivity (Wildman–Crippen MR) is 131 cm³/mol. The lowest BCUT2D eigenvalue weighted by Crippen LogP contribution is -2.23. The molecule has 3 heterocycles. The molecule has 198 valence electrons. The van der Waals surface area contributed by atoms with Crippen LogP contribution in [0.15, 0.2) is 36.2 Å². The molecular formula is C27H28F3N7O. The number of nitrogens with zero attached hydrogens (tertiary/aromatic N) is 6. The molecule has 0 saturated heterocycles. The van der Waals surface area contributed by atoms with E-state index in [0.717, 1.165) is 61.2 Å². The molecule has 3 aromatic rings. The molecule has 0 aliphatic heterocycles. The molecule has 8 nitrogen and oxygen atoms in total. The predicted octanol–water partition coefficient (Wildman–Crippen LogP) is 4.56. The van der Waals surface area contributed by atoms with Gasteiger partial charge < -0.3 is 5.32 Å². The molecule has 2 fully saturated rings. The van der Waals surface area contributed by atoms with Crippen molar-refractivity contribution < 1.29 is 18.0 Å². The van der Waals surface area contributed by atoms with Crippen LogP contribution in [-0.2, 0) is 32.1 Å². The molecular weight excluding hydrogens is 495 g/mol. The summed E-state index contributed by atoms with van der Waals surface area (Å²) in [6.45, 7) is 0.601. The minimum absolute atomic E-state index is 0.00849. The second kappa shape index (κ2) is 9.92. The Morgan fingerprint density at radius 1 is 1.03 bits per heavy atom. The van der Waals surface area contributed by atoms with E-state index in [1.807, 2.05) is 0 Å². The van der Waals surface area contributed by atoms with Crippen molar-refractivity contribution in [3.05, 3.63) is 70.1 Å². The number of halogens is 3. The van der Waals surface area contributed by atoms with Crippen LogP contribution in [0.4, 0.5) is 13.2 Å². The molecule has 1 amide bonds. The van der Waals surface area contributed by atoms with Crippen LogP contribution in [0.5, 0.6) is 0 Å². The quantitative estimate of drug-likeness (QED) is 0.391. The van der Waals surface area contributed by atoms with E-state index in [1.54, 1.807) is 22.0 Å². The van der Waals surface area contributed by atoms with Crippen molar-refractivity contribution in [3.63, 3.8) is 0 Å². The number of hydrogen-bond donors (Lipinski definition) is 1. The van der Waals surface area contributed by atoms with Crippen molar-refractivity contribution in [2.24, 2.45) is 11.8 Å². The van der Waals surface area contributed by atoms with Gasteiger partial charge in [-0.15, -0.1) is 5.10 Å².